The van der Waals surface area contributed by atoms with E-state index in [-0.39, 0.29) is 0 Å². The molecule has 50 heavy (non-hydrogen) atoms. The maximum atomic E-state index is 5.22. The van der Waals surface area contributed by atoms with Gasteiger partial charge in [0.05, 0.1) is 5.69 Å². The van der Waals surface area contributed by atoms with Crippen LogP contribution in [0.15, 0.2) is 158 Å². The van der Waals surface area contributed by atoms with Gasteiger partial charge in [-0.3, -0.25) is 4.98 Å². The Bertz CT molecular complexity index is 2870. The standard InChI is InChI=1S/C44H26N4S2/c1-2-10-27(11-3-1)28-19-21-29(22-20-28)42-46-43(48-44(47-42)35-15-8-14-33-31-12-4-7-18-38(31)50-41(33)35)34-16-9-25-45-40(34)30-23-24-39-36(26-30)32-13-5-6-17-37(32)49-39/h1-26H. The Kier molecular flexibility index (Phi) is 6.82. The smallest absolute Gasteiger partial charge is 0.166 e. The number of nitrogens with zero attached hydrogens (tertiary/aromatic N) is 4. The van der Waals surface area contributed by atoms with Gasteiger partial charge in [-0.05, 0) is 53.6 Å². The van der Waals surface area contributed by atoms with E-state index in [4.69, 9.17) is 19.9 Å². The van der Waals surface area contributed by atoms with Crippen LogP contribution in [0.1, 0.15) is 0 Å². The van der Waals surface area contributed by atoms with Crippen LogP contribution in [0.25, 0.3) is 96.9 Å². The number of hydrogen-bond acceptors (Lipinski definition) is 6. The van der Waals surface area contributed by atoms with Crippen LogP contribution in [0.2, 0.25) is 0 Å². The Labute approximate surface area is 296 Å². The molecule has 4 aromatic heterocycles. The van der Waals surface area contributed by atoms with E-state index in [1.165, 1.54) is 41.2 Å². The molecule has 0 saturated carbocycles. The van der Waals surface area contributed by atoms with Crippen molar-refractivity contribution < 1.29 is 0 Å². The van der Waals surface area contributed by atoms with Crippen LogP contribution in [0.3, 0.4) is 0 Å². The lowest BCUT2D eigenvalue weighted by Crippen LogP contribution is -2.02. The van der Waals surface area contributed by atoms with Gasteiger partial charge in [-0.1, -0.05) is 109 Å². The summed E-state index contributed by atoms with van der Waals surface area (Å²) in [5, 5.41) is 4.93. The third-order valence-corrected chi connectivity index (χ3v) is 11.6. The molecule has 0 unspecified atom stereocenters. The molecule has 0 spiro atoms. The molecular formula is C44H26N4S2. The maximum Gasteiger partial charge on any atom is 0.166 e. The second kappa shape index (κ2) is 11.8. The number of fused-ring (bicyclic) bond motifs is 6. The molecule has 0 bridgehead atoms. The molecule has 6 aromatic carbocycles. The SMILES string of the molecule is c1ccc(-c2ccc(-c3nc(-c4cccnc4-c4ccc5sc6ccccc6c5c4)nc(-c4cccc5c4sc4ccccc45)n3)cc2)cc1. The molecule has 0 amide bonds. The zero-order valence-electron chi connectivity index (χ0n) is 26.6. The summed E-state index contributed by atoms with van der Waals surface area (Å²) in [6.45, 7) is 0. The number of aromatic nitrogens is 4. The normalized spacial score (nSPS) is 11.6. The van der Waals surface area contributed by atoms with Crippen molar-refractivity contribution in [2.24, 2.45) is 0 Å². The molecule has 0 N–H and O–H groups in total. The molecule has 10 aromatic rings. The summed E-state index contributed by atoms with van der Waals surface area (Å²) in [4.78, 5) is 20.5. The number of benzene rings is 6. The monoisotopic (exact) mass is 674 g/mol. The van der Waals surface area contributed by atoms with E-state index in [0.717, 1.165) is 38.2 Å². The fourth-order valence-electron chi connectivity index (χ4n) is 6.80. The minimum atomic E-state index is 0.591. The first-order chi connectivity index (χ1) is 24.8. The predicted molar refractivity (Wildman–Crippen MR) is 211 cm³/mol. The third-order valence-electron chi connectivity index (χ3n) is 9.23. The van der Waals surface area contributed by atoms with E-state index in [1.807, 2.05) is 29.7 Å². The molecule has 0 atom stereocenters. The fraction of sp³-hybridized carbons (Fsp3) is 0. The molecule has 0 fully saturated rings. The first-order valence-corrected chi connectivity index (χ1v) is 18.1. The molecule has 10 rings (SSSR count). The topological polar surface area (TPSA) is 51.6 Å². The van der Waals surface area contributed by atoms with E-state index in [2.05, 4.69) is 140 Å². The van der Waals surface area contributed by atoms with Gasteiger partial charge in [0.2, 0.25) is 0 Å². The summed E-state index contributed by atoms with van der Waals surface area (Å²) < 4.78 is 4.94. The molecule has 0 aliphatic carbocycles. The number of pyridine rings is 1. The highest BCUT2D eigenvalue weighted by Crippen LogP contribution is 2.41. The van der Waals surface area contributed by atoms with Gasteiger partial charge < -0.3 is 0 Å². The predicted octanol–water partition coefficient (Wildman–Crippen LogP) is 12.3. The van der Waals surface area contributed by atoms with Crippen molar-refractivity contribution in [3.05, 3.63) is 158 Å². The van der Waals surface area contributed by atoms with Crippen LogP contribution in [0.4, 0.5) is 0 Å². The Balaban J connectivity index is 1.18. The van der Waals surface area contributed by atoms with E-state index in [1.54, 1.807) is 11.3 Å². The minimum absolute atomic E-state index is 0.591. The van der Waals surface area contributed by atoms with Gasteiger partial charge in [-0.25, -0.2) is 15.0 Å². The van der Waals surface area contributed by atoms with E-state index < -0.39 is 0 Å². The lowest BCUT2D eigenvalue weighted by Gasteiger charge is -2.12. The van der Waals surface area contributed by atoms with Crippen LogP contribution >= 0.6 is 22.7 Å². The van der Waals surface area contributed by atoms with E-state index in [9.17, 15) is 0 Å². The molecule has 0 aliphatic heterocycles. The average molecular weight is 675 g/mol. The quantitative estimate of drug-likeness (QED) is 0.182. The van der Waals surface area contributed by atoms with Gasteiger partial charge in [-0.2, -0.15) is 0 Å². The van der Waals surface area contributed by atoms with Crippen LogP contribution in [-0.2, 0) is 0 Å². The van der Waals surface area contributed by atoms with Crippen molar-refractivity contribution in [3.8, 4) is 56.5 Å². The first-order valence-electron chi connectivity index (χ1n) is 16.5. The highest BCUT2D eigenvalue weighted by Gasteiger charge is 2.19. The van der Waals surface area contributed by atoms with Crippen molar-refractivity contribution in [2.75, 3.05) is 0 Å². The van der Waals surface area contributed by atoms with Crippen molar-refractivity contribution >= 4 is 63.0 Å². The maximum absolute atomic E-state index is 5.22. The molecule has 4 heterocycles. The molecule has 234 valence electrons. The van der Waals surface area contributed by atoms with Gasteiger partial charge in [0.25, 0.3) is 0 Å². The summed E-state index contributed by atoms with van der Waals surface area (Å²) in [6.07, 6.45) is 1.85. The van der Waals surface area contributed by atoms with E-state index >= 15 is 0 Å². The number of rotatable bonds is 5. The van der Waals surface area contributed by atoms with Crippen molar-refractivity contribution in [1.82, 2.24) is 19.9 Å². The Morgan fingerprint density at radius 3 is 1.76 bits per heavy atom. The van der Waals surface area contributed by atoms with Gasteiger partial charge >= 0.3 is 0 Å². The Morgan fingerprint density at radius 2 is 0.940 bits per heavy atom. The second-order valence-electron chi connectivity index (χ2n) is 12.2. The van der Waals surface area contributed by atoms with Crippen LogP contribution < -0.4 is 0 Å². The lowest BCUT2D eigenvalue weighted by molar-refractivity contribution is 1.07. The van der Waals surface area contributed by atoms with Gasteiger partial charge in [0.15, 0.2) is 17.5 Å². The van der Waals surface area contributed by atoms with Gasteiger partial charge in [0, 0.05) is 68.8 Å². The highest BCUT2D eigenvalue weighted by atomic mass is 32.1. The van der Waals surface area contributed by atoms with Crippen LogP contribution in [0.5, 0.6) is 0 Å². The summed E-state index contributed by atoms with van der Waals surface area (Å²) >= 11 is 3.59. The Morgan fingerprint density at radius 1 is 0.360 bits per heavy atom. The zero-order valence-corrected chi connectivity index (χ0v) is 28.2. The molecule has 0 radical (unpaired) electrons. The first kappa shape index (κ1) is 28.9. The summed E-state index contributed by atoms with van der Waals surface area (Å²) in [5.74, 6) is 1.86. The summed E-state index contributed by atoms with van der Waals surface area (Å²) in [7, 11) is 0. The zero-order chi connectivity index (χ0) is 33.0. The third kappa shape index (κ3) is 4.88. The molecular weight excluding hydrogens is 649 g/mol. The molecule has 4 nitrogen and oxygen atoms in total. The minimum Gasteiger partial charge on any atom is -0.255 e. The van der Waals surface area contributed by atoms with Crippen LogP contribution in [0, 0.1) is 0 Å². The highest BCUT2D eigenvalue weighted by molar-refractivity contribution is 7.26. The number of thiophene rings is 2. The van der Waals surface area contributed by atoms with Gasteiger partial charge in [0.1, 0.15) is 0 Å². The van der Waals surface area contributed by atoms with E-state index in [0.29, 0.717) is 17.5 Å². The summed E-state index contributed by atoms with van der Waals surface area (Å²) in [5.41, 5.74) is 6.96. The molecule has 0 aliphatic rings. The fourth-order valence-corrected chi connectivity index (χ4v) is 9.10. The van der Waals surface area contributed by atoms with Gasteiger partial charge in [-0.15, -0.1) is 22.7 Å². The second-order valence-corrected chi connectivity index (χ2v) is 14.4. The molecule has 6 heteroatoms. The number of hydrogen-bond donors (Lipinski definition) is 0. The van der Waals surface area contributed by atoms with Crippen molar-refractivity contribution in [1.29, 1.82) is 0 Å². The van der Waals surface area contributed by atoms with Crippen LogP contribution in [-0.4, -0.2) is 19.9 Å². The van der Waals surface area contributed by atoms with Crippen molar-refractivity contribution in [3.63, 3.8) is 0 Å². The van der Waals surface area contributed by atoms with Crippen molar-refractivity contribution in [2.45, 2.75) is 0 Å². The summed E-state index contributed by atoms with van der Waals surface area (Å²) in [6, 6.07) is 53.1. The molecule has 0 saturated heterocycles. The lowest BCUT2D eigenvalue weighted by atomic mass is 10.0. The Hall–Kier alpha value is -6.08. The average Bonchev–Trinajstić information content (AvgIpc) is 3.76. The largest absolute Gasteiger partial charge is 0.255 e.